The Morgan fingerprint density at radius 1 is 0.655 bits per heavy atom. The third-order valence-electron chi connectivity index (χ3n) is 8.74. The van der Waals surface area contributed by atoms with Gasteiger partial charge in [0, 0.05) is 48.7 Å². The van der Waals surface area contributed by atoms with Gasteiger partial charge in [-0.3, -0.25) is 0 Å². The number of aromatic nitrogens is 2. The molecule has 14 nitrogen and oxygen atoms in total. The minimum absolute atomic E-state index is 0.101. The molecule has 4 rings (SSSR count). The Bertz CT molecular complexity index is 1910. The first-order chi connectivity index (χ1) is 27.8. The van der Waals surface area contributed by atoms with Crippen LogP contribution < -0.4 is 29.6 Å². The second-order valence-corrected chi connectivity index (χ2v) is 14.6. The fourth-order valence-electron chi connectivity index (χ4n) is 5.75. The predicted octanol–water partition coefficient (Wildman–Crippen LogP) is 5.30. The lowest BCUT2D eigenvalue weighted by atomic mass is 9.94. The van der Waals surface area contributed by atoms with Gasteiger partial charge in [0.2, 0.25) is 11.8 Å². The highest BCUT2D eigenvalue weighted by molar-refractivity contribution is 5.91. The summed E-state index contributed by atoms with van der Waals surface area (Å²) in [6.07, 6.45) is 4.56. The number of methoxy groups -OCH3 is 2. The van der Waals surface area contributed by atoms with Crippen LogP contribution in [-0.4, -0.2) is 85.7 Å². The molecule has 58 heavy (non-hydrogen) atoms. The van der Waals surface area contributed by atoms with Crippen LogP contribution in [0.2, 0.25) is 0 Å². The minimum atomic E-state index is -0.845. The molecule has 0 amide bonds. The standard InChI is InChI=1S/C44H50N6O8/c1-43(2,23-31-11-15-35(53-5)16-12-31)49-27-37(29-55-41-33(25-45)9-7-21-47-41)57-39(51)19-20-40(52)58-38(30-56-42-34(26-46)10-8-22-48-42)28-50-44(3,4)24-32-13-17-36(54-6)18-14-32/h7-22,37-38,49-50H,23-24,27-30H2,1-6H3/b20-19-. The van der Waals surface area contributed by atoms with Crippen LogP contribution in [-0.2, 0) is 31.9 Å². The van der Waals surface area contributed by atoms with E-state index in [1.807, 2.05) is 88.4 Å². The first kappa shape index (κ1) is 44.2. The van der Waals surface area contributed by atoms with Crippen molar-refractivity contribution < 1.29 is 38.0 Å². The van der Waals surface area contributed by atoms with Crippen LogP contribution in [0.4, 0.5) is 0 Å². The van der Waals surface area contributed by atoms with Crippen molar-refractivity contribution in [3.63, 3.8) is 0 Å². The summed E-state index contributed by atoms with van der Waals surface area (Å²) >= 11 is 0. The van der Waals surface area contributed by atoms with E-state index < -0.39 is 35.2 Å². The van der Waals surface area contributed by atoms with Crippen molar-refractivity contribution in [2.75, 3.05) is 40.5 Å². The summed E-state index contributed by atoms with van der Waals surface area (Å²) in [4.78, 5) is 34.6. The summed E-state index contributed by atoms with van der Waals surface area (Å²) in [5, 5.41) is 25.9. The van der Waals surface area contributed by atoms with E-state index in [1.54, 1.807) is 38.5 Å². The maximum absolute atomic E-state index is 13.1. The van der Waals surface area contributed by atoms with E-state index in [1.165, 1.54) is 12.4 Å². The van der Waals surface area contributed by atoms with Gasteiger partial charge in [0.25, 0.3) is 0 Å². The third-order valence-corrected chi connectivity index (χ3v) is 8.74. The minimum Gasteiger partial charge on any atom is -0.497 e. The van der Waals surface area contributed by atoms with E-state index in [9.17, 15) is 20.1 Å². The van der Waals surface area contributed by atoms with Crippen LogP contribution >= 0.6 is 0 Å². The highest BCUT2D eigenvalue weighted by atomic mass is 16.6. The van der Waals surface area contributed by atoms with Gasteiger partial charge in [0.15, 0.2) is 0 Å². The lowest BCUT2D eigenvalue weighted by molar-refractivity contribution is -0.147. The molecule has 2 N–H and O–H groups in total. The molecule has 2 heterocycles. The number of nitrogens with one attached hydrogen (secondary N) is 2. The van der Waals surface area contributed by atoms with Crippen LogP contribution in [0.25, 0.3) is 0 Å². The molecular weight excluding hydrogens is 741 g/mol. The lowest BCUT2D eigenvalue weighted by Gasteiger charge is -2.29. The van der Waals surface area contributed by atoms with E-state index in [2.05, 4.69) is 20.6 Å². The molecule has 2 aromatic heterocycles. The molecule has 0 spiro atoms. The number of hydrogen-bond donors (Lipinski definition) is 2. The number of pyridine rings is 2. The number of ether oxygens (including phenoxy) is 6. The number of rotatable bonds is 22. The molecule has 0 saturated carbocycles. The Labute approximate surface area is 339 Å². The summed E-state index contributed by atoms with van der Waals surface area (Å²) in [6, 6.07) is 26.0. The fourth-order valence-corrected chi connectivity index (χ4v) is 5.75. The highest BCUT2D eigenvalue weighted by Gasteiger charge is 2.25. The van der Waals surface area contributed by atoms with Gasteiger partial charge in [-0.05, 0) is 100 Å². The van der Waals surface area contributed by atoms with Gasteiger partial charge < -0.3 is 39.1 Å². The molecule has 2 aromatic carbocycles. The smallest absolute Gasteiger partial charge is 0.331 e. The van der Waals surface area contributed by atoms with Gasteiger partial charge in [-0.25, -0.2) is 19.6 Å². The van der Waals surface area contributed by atoms with Gasteiger partial charge in [-0.15, -0.1) is 0 Å². The molecule has 0 saturated heterocycles. The van der Waals surface area contributed by atoms with Crippen molar-refractivity contribution in [3.8, 4) is 35.4 Å². The first-order valence-electron chi connectivity index (χ1n) is 18.6. The fraction of sp³-hybridized carbons (Fsp3) is 0.364. The molecule has 14 heteroatoms. The van der Waals surface area contributed by atoms with Crippen molar-refractivity contribution in [2.24, 2.45) is 0 Å². The summed E-state index contributed by atoms with van der Waals surface area (Å²) in [6.45, 7) is 8.17. The van der Waals surface area contributed by atoms with Crippen molar-refractivity contribution >= 4 is 11.9 Å². The molecule has 0 bridgehead atoms. The maximum atomic E-state index is 13.1. The number of esters is 2. The average molecular weight is 791 g/mol. The number of nitrogens with zero attached hydrogens (tertiary/aromatic N) is 4. The number of hydrogen-bond acceptors (Lipinski definition) is 14. The second kappa shape index (κ2) is 21.7. The number of benzene rings is 2. The van der Waals surface area contributed by atoms with Crippen LogP contribution in [0.1, 0.15) is 49.9 Å². The summed E-state index contributed by atoms with van der Waals surface area (Å²) in [7, 11) is 3.23. The van der Waals surface area contributed by atoms with E-state index in [0.717, 1.165) is 34.8 Å². The highest BCUT2D eigenvalue weighted by Crippen LogP contribution is 2.20. The molecule has 4 aromatic rings. The van der Waals surface area contributed by atoms with Crippen molar-refractivity contribution in [3.05, 3.63) is 120 Å². The van der Waals surface area contributed by atoms with Crippen molar-refractivity contribution in [1.82, 2.24) is 20.6 Å². The second-order valence-electron chi connectivity index (χ2n) is 14.6. The Morgan fingerprint density at radius 3 is 1.38 bits per heavy atom. The number of carbonyl (C=O) groups is 2. The normalized spacial score (nSPS) is 12.4. The first-order valence-corrected chi connectivity index (χ1v) is 18.6. The van der Waals surface area contributed by atoms with E-state index in [4.69, 9.17) is 28.4 Å². The Morgan fingerprint density at radius 2 is 1.03 bits per heavy atom. The molecular formula is C44H50N6O8. The molecule has 304 valence electrons. The number of nitriles is 2. The summed E-state index contributed by atoms with van der Waals surface area (Å²) in [5.41, 5.74) is 1.74. The van der Waals surface area contributed by atoms with E-state index in [-0.39, 0.29) is 49.2 Å². The zero-order valence-electron chi connectivity index (χ0n) is 33.7. The van der Waals surface area contributed by atoms with Gasteiger partial charge in [0.1, 0.15) is 60.2 Å². The lowest BCUT2D eigenvalue weighted by Crippen LogP contribution is -2.47. The molecule has 2 unspecified atom stereocenters. The van der Waals surface area contributed by atoms with Crippen molar-refractivity contribution in [2.45, 2.75) is 63.8 Å². The molecule has 0 aliphatic heterocycles. The van der Waals surface area contributed by atoms with Gasteiger partial charge >= 0.3 is 11.9 Å². The molecule has 0 aliphatic carbocycles. The van der Waals surface area contributed by atoms with Gasteiger partial charge in [0.05, 0.1) is 14.2 Å². The Balaban J connectivity index is 1.42. The van der Waals surface area contributed by atoms with E-state index in [0.29, 0.717) is 12.8 Å². The van der Waals surface area contributed by atoms with E-state index >= 15 is 0 Å². The average Bonchev–Trinajstić information content (AvgIpc) is 3.22. The number of carbonyl (C=O) groups excluding carboxylic acids is 2. The third kappa shape index (κ3) is 14.9. The topological polar surface area (TPSA) is 187 Å². The van der Waals surface area contributed by atoms with Crippen LogP contribution in [0.15, 0.2) is 97.3 Å². The zero-order chi connectivity index (χ0) is 42.0. The SMILES string of the molecule is COc1ccc(CC(C)(C)NCC(COc2ncccc2C#N)OC(=O)/C=C\C(=O)OC(CNC(C)(C)Cc2ccc(OC)cc2)COc2ncccc2C#N)cc1. The quantitative estimate of drug-likeness (QED) is 0.0772. The molecule has 2 atom stereocenters. The molecule has 0 fully saturated rings. The van der Waals surface area contributed by atoms with Crippen molar-refractivity contribution in [1.29, 1.82) is 10.5 Å². The Hall–Kier alpha value is -6.48. The predicted molar refractivity (Wildman–Crippen MR) is 215 cm³/mol. The van der Waals surface area contributed by atoms with Crippen LogP contribution in [0.3, 0.4) is 0 Å². The molecule has 0 aliphatic rings. The molecule has 0 radical (unpaired) electrons. The van der Waals surface area contributed by atoms with Crippen LogP contribution in [0.5, 0.6) is 23.3 Å². The summed E-state index contributed by atoms with van der Waals surface area (Å²) in [5.74, 6) is 0.0751. The zero-order valence-corrected chi connectivity index (χ0v) is 33.7. The van der Waals surface area contributed by atoms with Gasteiger partial charge in [-0.1, -0.05) is 24.3 Å². The van der Waals surface area contributed by atoms with Crippen LogP contribution in [0, 0.1) is 22.7 Å². The summed E-state index contributed by atoms with van der Waals surface area (Å²) < 4.78 is 33.7. The largest absolute Gasteiger partial charge is 0.497 e. The Kier molecular flexibility index (Phi) is 16.6. The van der Waals surface area contributed by atoms with Gasteiger partial charge in [-0.2, -0.15) is 10.5 Å². The maximum Gasteiger partial charge on any atom is 0.331 e. The monoisotopic (exact) mass is 790 g/mol.